The summed E-state index contributed by atoms with van der Waals surface area (Å²) in [6.07, 6.45) is 1.05. The second kappa shape index (κ2) is 9.06. The van der Waals surface area contributed by atoms with Gasteiger partial charge in [0.15, 0.2) is 0 Å². The molecule has 3 heterocycles. The van der Waals surface area contributed by atoms with E-state index in [0.717, 1.165) is 45.9 Å². The lowest BCUT2D eigenvalue weighted by molar-refractivity contribution is -0.137. The van der Waals surface area contributed by atoms with Crippen LogP contribution >= 0.6 is 0 Å². The molecule has 5 nitrogen and oxygen atoms in total. The number of anilines is 1. The maximum Gasteiger partial charge on any atom is 0.416 e. The van der Waals surface area contributed by atoms with E-state index < -0.39 is 17.6 Å². The molecule has 0 aliphatic heterocycles. The molecule has 0 aliphatic carbocycles. The predicted octanol–water partition coefficient (Wildman–Crippen LogP) is 6.26. The Labute approximate surface area is 198 Å². The maximum atomic E-state index is 12.9. The zero-order chi connectivity index (χ0) is 24.4. The molecule has 35 heavy (non-hydrogen) atoms. The molecule has 3 aromatic heterocycles. The Kier molecular flexibility index (Phi) is 5.78. The summed E-state index contributed by atoms with van der Waals surface area (Å²) in [5.41, 5.74) is 4.48. The van der Waals surface area contributed by atoms with E-state index in [2.05, 4.69) is 15.3 Å². The molecule has 8 heteroatoms. The van der Waals surface area contributed by atoms with E-state index in [0.29, 0.717) is 0 Å². The topological polar surface area (TPSA) is 59.3 Å². The average molecular weight is 472 g/mol. The van der Waals surface area contributed by atoms with Crippen LogP contribution in [0.5, 0.6) is 0 Å². The normalized spacial score (nSPS) is 11.5. The third-order valence-electron chi connectivity index (χ3n) is 5.56. The lowest BCUT2D eigenvalue weighted by Crippen LogP contribution is -2.15. The van der Waals surface area contributed by atoms with E-state index in [4.69, 9.17) is 0 Å². The van der Waals surface area contributed by atoms with Crippen LogP contribution in [-0.2, 0) is 17.4 Å². The summed E-state index contributed by atoms with van der Waals surface area (Å²) >= 11 is 0. The second-order valence-corrected chi connectivity index (χ2v) is 8.00. The minimum absolute atomic E-state index is 0.0388. The zero-order valence-corrected chi connectivity index (χ0v) is 18.3. The van der Waals surface area contributed by atoms with E-state index in [1.807, 2.05) is 65.2 Å². The number of benzene rings is 2. The molecule has 174 valence electrons. The van der Waals surface area contributed by atoms with Gasteiger partial charge in [0.25, 0.3) is 0 Å². The summed E-state index contributed by atoms with van der Waals surface area (Å²) < 4.78 is 40.6. The van der Waals surface area contributed by atoms with E-state index in [9.17, 15) is 18.0 Å². The SMILES string of the molecule is O=C(Cc1ccc(-c2cnc3cc(-c4ccccn4)ccn23)cc1)Nc1cccc(C(F)(F)F)c1. The van der Waals surface area contributed by atoms with Crippen LogP contribution in [0.25, 0.3) is 28.2 Å². The number of hydrogen-bond donors (Lipinski definition) is 1. The fraction of sp³-hybridized carbons (Fsp3) is 0.0741. The number of pyridine rings is 2. The number of carbonyl (C=O) groups excluding carboxylic acids is 1. The summed E-state index contributed by atoms with van der Waals surface area (Å²) in [6.45, 7) is 0. The number of alkyl halides is 3. The lowest BCUT2D eigenvalue weighted by Gasteiger charge is -2.10. The number of nitrogens with one attached hydrogen (secondary N) is 1. The minimum atomic E-state index is -4.46. The second-order valence-electron chi connectivity index (χ2n) is 8.00. The van der Waals surface area contributed by atoms with Gasteiger partial charge >= 0.3 is 6.18 Å². The molecule has 0 fully saturated rings. The van der Waals surface area contributed by atoms with Crippen molar-refractivity contribution in [3.8, 4) is 22.5 Å². The highest BCUT2D eigenvalue weighted by Crippen LogP contribution is 2.31. The smallest absolute Gasteiger partial charge is 0.326 e. The van der Waals surface area contributed by atoms with Crippen molar-refractivity contribution >= 4 is 17.2 Å². The summed E-state index contributed by atoms with van der Waals surface area (Å²) in [5, 5.41) is 2.53. The van der Waals surface area contributed by atoms with Crippen LogP contribution in [0.1, 0.15) is 11.1 Å². The molecule has 2 aromatic carbocycles. The van der Waals surface area contributed by atoms with Gasteiger partial charge in [-0.3, -0.25) is 14.2 Å². The van der Waals surface area contributed by atoms with E-state index >= 15 is 0 Å². The van der Waals surface area contributed by atoms with Crippen molar-refractivity contribution in [2.24, 2.45) is 0 Å². The molecule has 5 rings (SSSR count). The van der Waals surface area contributed by atoms with Gasteiger partial charge in [-0.1, -0.05) is 36.4 Å². The molecule has 0 radical (unpaired) electrons. The Morgan fingerprint density at radius 1 is 0.886 bits per heavy atom. The molecule has 0 spiro atoms. The number of amides is 1. The highest BCUT2D eigenvalue weighted by molar-refractivity contribution is 5.92. The van der Waals surface area contributed by atoms with Crippen LogP contribution in [-0.4, -0.2) is 20.3 Å². The van der Waals surface area contributed by atoms with Crippen LogP contribution in [0.4, 0.5) is 18.9 Å². The Bertz CT molecular complexity index is 1490. The first kappa shape index (κ1) is 22.3. The van der Waals surface area contributed by atoms with Gasteiger partial charge in [0.2, 0.25) is 5.91 Å². The van der Waals surface area contributed by atoms with Gasteiger partial charge in [0, 0.05) is 29.2 Å². The first-order chi connectivity index (χ1) is 16.9. The molecular formula is C27H19F3N4O. The molecule has 1 N–H and O–H groups in total. The lowest BCUT2D eigenvalue weighted by atomic mass is 10.1. The summed E-state index contributed by atoms with van der Waals surface area (Å²) in [4.78, 5) is 21.3. The Balaban J connectivity index is 1.30. The fourth-order valence-corrected chi connectivity index (χ4v) is 3.84. The molecule has 5 aromatic rings. The van der Waals surface area contributed by atoms with Crippen molar-refractivity contribution in [1.82, 2.24) is 14.4 Å². The van der Waals surface area contributed by atoms with Gasteiger partial charge in [-0.2, -0.15) is 13.2 Å². The summed E-state index contributed by atoms with van der Waals surface area (Å²) in [6, 6.07) is 21.7. The van der Waals surface area contributed by atoms with Gasteiger partial charge in [-0.15, -0.1) is 0 Å². The van der Waals surface area contributed by atoms with Crippen LogP contribution in [0, 0.1) is 0 Å². The van der Waals surface area contributed by atoms with Crippen molar-refractivity contribution in [3.63, 3.8) is 0 Å². The van der Waals surface area contributed by atoms with Crippen LogP contribution < -0.4 is 5.32 Å². The van der Waals surface area contributed by atoms with E-state index in [1.54, 1.807) is 12.4 Å². The molecule has 0 bridgehead atoms. The van der Waals surface area contributed by atoms with Gasteiger partial charge < -0.3 is 5.32 Å². The maximum absolute atomic E-state index is 12.9. The van der Waals surface area contributed by atoms with Crippen LogP contribution in [0.2, 0.25) is 0 Å². The number of nitrogens with zero attached hydrogens (tertiary/aromatic N) is 3. The molecule has 0 saturated carbocycles. The number of imidazole rings is 1. The predicted molar refractivity (Wildman–Crippen MR) is 128 cm³/mol. The fourth-order valence-electron chi connectivity index (χ4n) is 3.84. The Hall–Kier alpha value is -4.46. The summed E-state index contributed by atoms with van der Waals surface area (Å²) in [5.74, 6) is -0.395. The zero-order valence-electron chi connectivity index (χ0n) is 18.3. The Morgan fingerprint density at radius 2 is 1.71 bits per heavy atom. The van der Waals surface area contributed by atoms with Crippen LogP contribution in [0.15, 0.2) is 97.5 Å². The van der Waals surface area contributed by atoms with Crippen LogP contribution in [0.3, 0.4) is 0 Å². The van der Waals surface area contributed by atoms with Crippen molar-refractivity contribution in [3.05, 3.63) is 109 Å². The Morgan fingerprint density at radius 3 is 2.46 bits per heavy atom. The van der Waals surface area contributed by atoms with Gasteiger partial charge in [0.1, 0.15) is 5.65 Å². The standard InChI is InChI=1S/C27H19F3N4O/c28-27(29,30)21-4-3-5-22(16-21)33-26(35)14-18-7-9-19(10-8-18)24-17-32-25-15-20(11-13-34(24)25)23-6-1-2-12-31-23/h1-13,15-17H,14H2,(H,33,35). The highest BCUT2D eigenvalue weighted by atomic mass is 19.4. The number of rotatable bonds is 5. The molecule has 0 saturated heterocycles. The number of aromatic nitrogens is 3. The van der Waals surface area contributed by atoms with Crippen molar-refractivity contribution in [2.75, 3.05) is 5.32 Å². The quantitative estimate of drug-likeness (QED) is 0.328. The average Bonchev–Trinajstić information content (AvgIpc) is 3.28. The number of halogens is 3. The van der Waals surface area contributed by atoms with Gasteiger partial charge in [0.05, 0.1) is 29.6 Å². The molecule has 0 atom stereocenters. The van der Waals surface area contributed by atoms with Crippen molar-refractivity contribution in [2.45, 2.75) is 12.6 Å². The molecule has 1 amide bonds. The highest BCUT2D eigenvalue weighted by Gasteiger charge is 2.30. The summed E-state index contributed by atoms with van der Waals surface area (Å²) in [7, 11) is 0. The third kappa shape index (κ3) is 4.91. The first-order valence-corrected chi connectivity index (χ1v) is 10.8. The molecule has 0 aliphatic rings. The van der Waals surface area contributed by atoms with Crippen molar-refractivity contribution < 1.29 is 18.0 Å². The minimum Gasteiger partial charge on any atom is -0.326 e. The first-order valence-electron chi connectivity index (χ1n) is 10.8. The van der Waals surface area contributed by atoms with Gasteiger partial charge in [-0.05, 0) is 48.0 Å². The van der Waals surface area contributed by atoms with Gasteiger partial charge in [-0.25, -0.2) is 4.98 Å². The molecule has 0 unspecified atom stereocenters. The van der Waals surface area contributed by atoms with E-state index in [-0.39, 0.29) is 12.1 Å². The number of fused-ring (bicyclic) bond motifs is 1. The molecular weight excluding hydrogens is 453 g/mol. The van der Waals surface area contributed by atoms with Crippen molar-refractivity contribution in [1.29, 1.82) is 0 Å². The number of hydrogen-bond acceptors (Lipinski definition) is 3. The third-order valence-corrected chi connectivity index (χ3v) is 5.56. The van der Waals surface area contributed by atoms with E-state index in [1.165, 1.54) is 12.1 Å². The largest absolute Gasteiger partial charge is 0.416 e. The monoisotopic (exact) mass is 472 g/mol. The number of carbonyl (C=O) groups is 1.